The zero-order valence-electron chi connectivity index (χ0n) is 40.7. The minimum absolute atomic E-state index is 0.00236. The molecule has 0 radical (unpaired) electrons. The van der Waals surface area contributed by atoms with Gasteiger partial charge in [-0.3, -0.25) is 4.79 Å². The average molecular weight is 942 g/mol. The largest absolute Gasteiger partial charge is 0.411 e. The molecule has 1 unspecified atom stereocenters. The topological polar surface area (TPSA) is 63.2 Å². The number of hydrogen-bond donors (Lipinski definition) is 0. The quantitative estimate of drug-likeness (QED) is 0.0493. The van der Waals surface area contributed by atoms with Gasteiger partial charge in [0.2, 0.25) is 4.45 Å². The molecule has 10 heteroatoms. The van der Waals surface area contributed by atoms with Crippen molar-refractivity contribution in [3.63, 3.8) is 0 Å². The second kappa shape index (κ2) is 23.3. The van der Waals surface area contributed by atoms with E-state index in [4.69, 9.17) is 23.1 Å². The van der Waals surface area contributed by atoms with Gasteiger partial charge in [-0.1, -0.05) is 205 Å². The van der Waals surface area contributed by atoms with Crippen LogP contribution in [-0.2, 0) is 36.3 Å². The fourth-order valence-corrected chi connectivity index (χ4v) is 16.2. The minimum atomic E-state index is -2.82. The Hall–Kier alpha value is -2.78. The van der Waals surface area contributed by atoms with E-state index in [0.717, 1.165) is 29.5 Å². The van der Waals surface area contributed by atoms with Crippen LogP contribution in [0.4, 0.5) is 4.79 Å². The first kappa shape index (κ1) is 52.2. The molecule has 5 rings (SSSR count). The van der Waals surface area contributed by atoms with Gasteiger partial charge in [0, 0.05) is 24.9 Å². The molecule has 0 aromatic heterocycles. The summed E-state index contributed by atoms with van der Waals surface area (Å²) >= 11 is 2.67. The second-order valence-corrected chi connectivity index (χ2v) is 31.5. The van der Waals surface area contributed by atoms with Crippen molar-refractivity contribution in [1.29, 1.82) is 0 Å². The standard InChI is InChI=1S/C54H76O6S2Si2/c1-41(50(62-51(55)61-10)42(2)38-58-64(53(6,7)8,45-30-21-15-22-31-45)46-32-23-16-24-33-46)36-47-48(60-63(11,12)52(3,4)5)37-49(57-40-44-28-19-14-20-29-44)54(9,59-47)34-25-35-56-39-43-26-17-13-18-27-43/h13-24,26-33,36,42,47-50H,25,34-35,37-40H2,1-12H3/b41-36+/t42-,47+,48-,49+,50?,54-/m0/s1. The van der Waals surface area contributed by atoms with Gasteiger partial charge in [-0.05, 0) is 83.5 Å². The van der Waals surface area contributed by atoms with Gasteiger partial charge in [-0.2, -0.15) is 0 Å². The lowest BCUT2D eigenvalue weighted by molar-refractivity contribution is -0.223. The summed E-state index contributed by atoms with van der Waals surface area (Å²) in [4.78, 5) is 13.5. The highest BCUT2D eigenvalue weighted by atomic mass is 32.2. The van der Waals surface area contributed by atoms with E-state index in [1.54, 1.807) is 0 Å². The van der Waals surface area contributed by atoms with E-state index in [1.807, 2.05) is 30.5 Å². The summed E-state index contributed by atoms with van der Waals surface area (Å²) in [5.74, 6) is -0.00236. The molecular weight excluding hydrogens is 865 g/mol. The number of carbonyl (C=O) groups is 1. The smallest absolute Gasteiger partial charge is 0.261 e. The predicted octanol–water partition coefficient (Wildman–Crippen LogP) is 13.3. The summed E-state index contributed by atoms with van der Waals surface area (Å²) in [6.07, 6.45) is 5.57. The van der Waals surface area contributed by atoms with E-state index in [1.165, 1.54) is 33.9 Å². The maximum Gasteiger partial charge on any atom is 0.261 e. The SMILES string of the molecule is CSC(=O)SC(/C(C)=C/[C@H]1O[C@@](C)(CCCOCc2ccccc2)[C@H](OCc2ccccc2)C[C@@H]1O[Si](C)(C)C(C)(C)C)[C@@H](C)CO[Si](c1ccccc1)(c1ccccc1)C(C)(C)C. The molecule has 4 aromatic carbocycles. The first-order chi connectivity index (χ1) is 30.3. The number of rotatable bonds is 20. The fourth-order valence-electron chi connectivity index (χ4n) is 8.66. The molecule has 1 aliphatic rings. The normalized spacial score (nSPS) is 21.1. The highest BCUT2D eigenvalue weighted by Gasteiger charge is 2.52. The summed E-state index contributed by atoms with van der Waals surface area (Å²) in [5, 5.41) is 2.15. The zero-order chi connectivity index (χ0) is 46.6. The predicted molar refractivity (Wildman–Crippen MR) is 277 cm³/mol. The first-order valence-corrected chi connectivity index (χ1v) is 30.0. The van der Waals surface area contributed by atoms with Gasteiger partial charge in [0.25, 0.3) is 8.32 Å². The first-order valence-electron chi connectivity index (χ1n) is 23.1. The van der Waals surface area contributed by atoms with Crippen LogP contribution in [0.1, 0.15) is 92.7 Å². The molecule has 64 heavy (non-hydrogen) atoms. The molecule has 4 aromatic rings. The summed E-state index contributed by atoms with van der Waals surface area (Å²) in [5.41, 5.74) is 2.76. The number of thioether (sulfide) groups is 2. The van der Waals surface area contributed by atoms with Gasteiger partial charge < -0.3 is 23.1 Å². The Labute approximate surface area is 397 Å². The van der Waals surface area contributed by atoms with E-state index in [0.29, 0.717) is 32.8 Å². The molecule has 1 aliphatic heterocycles. The van der Waals surface area contributed by atoms with Crippen molar-refractivity contribution in [3.05, 3.63) is 144 Å². The Morgan fingerprint density at radius 3 is 1.83 bits per heavy atom. The lowest BCUT2D eigenvalue weighted by Gasteiger charge is -2.50. The van der Waals surface area contributed by atoms with Crippen molar-refractivity contribution >= 4 is 55.0 Å². The number of hydrogen-bond acceptors (Lipinski definition) is 8. The molecule has 6 nitrogen and oxygen atoms in total. The molecular formula is C54H76O6S2Si2. The van der Waals surface area contributed by atoms with E-state index in [2.05, 4.69) is 179 Å². The van der Waals surface area contributed by atoms with E-state index < -0.39 is 22.2 Å². The lowest BCUT2D eigenvalue weighted by atomic mass is 9.84. The third-order valence-electron chi connectivity index (χ3n) is 13.3. The van der Waals surface area contributed by atoms with E-state index in [-0.39, 0.29) is 44.0 Å². The van der Waals surface area contributed by atoms with Gasteiger partial charge >= 0.3 is 0 Å². The van der Waals surface area contributed by atoms with Crippen LogP contribution in [0.2, 0.25) is 23.2 Å². The van der Waals surface area contributed by atoms with Gasteiger partial charge in [-0.15, -0.1) is 0 Å². The van der Waals surface area contributed by atoms with Crippen molar-refractivity contribution in [2.24, 2.45) is 5.92 Å². The highest BCUT2D eigenvalue weighted by Crippen LogP contribution is 2.44. The molecule has 348 valence electrons. The van der Waals surface area contributed by atoms with Crippen molar-refractivity contribution in [2.45, 2.75) is 147 Å². The molecule has 0 amide bonds. The van der Waals surface area contributed by atoms with Crippen molar-refractivity contribution in [3.8, 4) is 0 Å². The van der Waals surface area contributed by atoms with Gasteiger partial charge in [0.05, 0.1) is 31.0 Å². The Bertz CT molecular complexity index is 2000. The van der Waals surface area contributed by atoms with Crippen LogP contribution >= 0.6 is 23.5 Å². The molecule has 1 fully saturated rings. The average Bonchev–Trinajstić information content (AvgIpc) is 3.26. The van der Waals surface area contributed by atoms with Crippen LogP contribution in [0, 0.1) is 5.92 Å². The van der Waals surface area contributed by atoms with Crippen LogP contribution in [0.25, 0.3) is 0 Å². The van der Waals surface area contributed by atoms with Crippen LogP contribution in [0.3, 0.4) is 0 Å². The number of benzene rings is 4. The Balaban J connectivity index is 1.49. The fraction of sp³-hybridized carbons (Fsp3) is 0.500. The van der Waals surface area contributed by atoms with Gasteiger partial charge in [0.15, 0.2) is 8.32 Å². The minimum Gasteiger partial charge on any atom is -0.411 e. The van der Waals surface area contributed by atoms with Gasteiger partial charge in [-0.25, -0.2) is 0 Å². The monoisotopic (exact) mass is 940 g/mol. The molecule has 0 spiro atoms. The second-order valence-electron chi connectivity index (χ2n) is 20.3. The summed E-state index contributed by atoms with van der Waals surface area (Å²) in [6, 6.07) is 42.3. The van der Waals surface area contributed by atoms with Crippen molar-refractivity contribution in [1.82, 2.24) is 0 Å². The van der Waals surface area contributed by atoms with E-state index >= 15 is 0 Å². The molecule has 0 bridgehead atoms. The lowest BCUT2D eigenvalue weighted by Crippen LogP contribution is -2.67. The van der Waals surface area contributed by atoms with Crippen LogP contribution < -0.4 is 10.4 Å². The Morgan fingerprint density at radius 2 is 1.33 bits per heavy atom. The van der Waals surface area contributed by atoms with Crippen LogP contribution in [-0.4, -0.2) is 69.7 Å². The summed E-state index contributed by atoms with van der Waals surface area (Å²) in [7, 11) is -5.10. The summed E-state index contributed by atoms with van der Waals surface area (Å²) < 4.78 is 35.5. The number of ether oxygens (including phenoxy) is 3. The molecule has 0 N–H and O–H groups in total. The number of carbonyl (C=O) groups excluding carboxylic acids is 1. The maximum atomic E-state index is 13.5. The summed E-state index contributed by atoms with van der Waals surface area (Å²) in [6.45, 7) is 27.2. The molecule has 1 saturated heterocycles. The van der Waals surface area contributed by atoms with Crippen molar-refractivity contribution in [2.75, 3.05) is 19.5 Å². The Morgan fingerprint density at radius 1 is 0.812 bits per heavy atom. The Kier molecular flexibility index (Phi) is 19.0. The van der Waals surface area contributed by atoms with Crippen LogP contribution in [0.15, 0.2) is 133 Å². The molecule has 0 aliphatic carbocycles. The van der Waals surface area contributed by atoms with E-state index in [9.17, 15) is 4.79 Å². The molecule has 1 heterocycles. The zero-order valence-corrected chi connectivity index (χ0v) is 44.4. The van der Waals surface area contributed by atoms with Gasteiger partial charge in [0.1, 0.15) is 6.10 Å². The maximum absolute atomic E-state index is 13.5. The van der Waals surface area contributed by atoms with Crippen molar-refractivity contribution < 1.29 is 27.9 Å². The third kappa shape index (κ3) is 13.7. The highest BCUT2D eigenvalue weighted by molar-refractivity contribution is 8.38. The third-order valence-corrected chi connectivity index (χ3v) is 25.2. The molecule has 0 saturated carbocycles. The molecule has 6 atom stereocenters. The van der Waals surface area contributed by atoms with Crippen LogP contribution in [0.5, 0.6) is 0 Å².